The Labute approximate surface area is 191 Å². The number of nitrogens with two attached hydrogens (primary N) is 2. The lowest BCUT2D eigenvalue weighted by molar-refractivity contribution is -0.147. The van der Waals surface area contributed by atoms with Crippen molar-refractivity contribution in [1.29, 1.82) is 0 Å². The van der Waals surface area contributed by atoms with Crippen LogP contribution in [0.5, 0.6) is 0 Å². The molecule has 3 unspecified atom stereocenters. The number of carbonyl (C=O) groups is 5. The van der Waals surface area contributed by atoms with Gasteiger partial charge in [-0.3, -0.25) is 19.2 Å². The molecule has 0 spiro atoms. The third-order valence-corrected chi connectivity index (χ3v) is 4.69. The number of hydrogen-bond acceptors (Lipinski definition) is 7. The van der Waals surface area contributed by atoms with Crippen molar-refractivity contribution in [3.8, 4) is 0 Å². The minimum atomic E-state index is -1.67. The molecule has 0 aliphatic rings. The van der Waals surface area contributed by atoms with E-state index in [4.69, 9.17) is 16.6 Å². The first-order chi connectivity index (χ1) is 15.7. The smallest absolute Gasteiger partial charge is 0.326 e. The fourth-order valence-corrected chi connectivity index (χ4v) is 2.99. The van der Waals surface area contributed by atoms with Gasteiger partial charge in [-0.1, -0.05) is 30.3 Å². The van der Waals surface area contributed by atoms with Gasteiger partial charge in [0.1, 0.15) is 18.1 Å². The maximum absolute atomic E-state index is 13.0. The zero-order valence-corrected chi connectivity index (χ0v) is 18.2. The van der Waals surface area contributed by atoms with E-state index in [1.165, 1.54) is 0 Å². The van der Waals surface area contributed by atoms with E-state index >= 15 is 0 Å². The summed E-state index contributed by atoms with van der Waals surface area (Å²) in [5, 5.41) is 25.3. The molecule has 0 aliphatic heterocycles. The lowest BCUT2D eigenvalue weighted by Gasteiger charge is -2.24. The lowest BCUT2D eigenvalue weighted by Crippen LogP contribution is -2.56. The van der Waals surface area contributed by atoms with Crippen molar-refractivity contribution in [1.82, 2.24) is 16.0 Å². The highest BCUT2D eigenvalue weighted by atomic mass is 16.4. The molecule has 1 aromatic carbocycles. The zero-order valence-electron chi connectivity index (χ0n) is 18.2. The Bertz CT molecular complexity index is 818. The van der Waals surface area contributed by atoms with Crippen molar-refractivity contribution in [3.05, 3.63) is 35.9 Å². The molecule has 0 saturated heterocycles. The molecule has 0 bridgehead atoms. The van der Waals surface area contributed by atoms with E-state index in [2.05, 4.69) is 16.0 Å². The average Bonchev–Trinajstić information content (AvgIpc) is 2.77. The van der Waals surface area contributed by atoms with E-state index in [1.807, 2.05) is 0 Å². The molecule has 33 heavy (non-hydrogen) atoms. The van der Waals surface area contributed by atoms with Crippen LogP contribution in [-0.4, -0.2) is 71.1 Å². The number of amides is 3. The van der Waals surface area contributed by atoms with Crippen LogP contribution in [0.1, 0.15) is 31.2 Å². The summed E-state index contributed by atoms with van der Waals surface area (Å²) in [6.45, 7) is 0.0106. The molecule has 0 heterocycles. The van der Waals surface area contributed by atoms with E-state index < -0.39 is 54.2 Å². The minimum Gasteiger partial charge on any atom is -0.481 e. The Hall–Kier alpha value is -3.51. The molecule has 0 fully saturated rings. The van der Waals surface area contributed by atoms with Crippen LogP contribution in [0.4, 0.5) is 0 Å². The normalized spacial score (nSPS) is 13.3. The third-order valence-electron chi connectivity index (χ3n) is 4.69. The van der Waals surface area contributed by atoms with Crippen molar-refractivity contribution in [2.24, 2.45) is 11.5 Å². The number of benzene rings is 1. The monoisotopic (exact) mass is 465 g/mol. The Balaban J connectivity index is 3.01. The van der Waals surface area contributed by atoms with Gasteiger partial charge in [-0.05, 0) is 31.4 Å². The summed E-state index contributed by atoms with van der Waals surface area (Å²) < 4.78 is 0. The van der Waals surface area contributed by atoms with Crippen LogP contribution in [0.15, 0.2) is 30.3 Å². The van der Waals surface area contributed by atoms with Crippen LogP contribution in [-0.2, 0) is 30.4 Å². The molecule has 12 heteroatoms. The number of unbranched alkanes of at least 4 members (excludes halogenated alkanes) is 1. The molecule has 3 amide bonds. The van der Waals surface area contributed by atoms with E-state index in [1.54, 1.807) is 30.3 Å². The molecule has 1 aromatic rings. The quantitative estimate of drug-likeness (QED) is 0.147. The fourth-order valence-electron chi connectivity index (χ4n) is 2.99. The number of aliphatic carboxylic acids is 2. The number of hydrogen-bond donors (Lipinski definition) is 7. The van der Waals surface area contributed by atoms with E-state index in [-0.39, 0.29) is 19.4 Å². The summed E-state index contributed by atoms with van der Waals surface area (Å²) in [6, 6.07) is 5.01. The SMILES string of the molecule is NCCCCC(NC(=O)C(Cc1ccccc1)NC(=O)CN)C(=O)NC(CC(=O)O)C(=O)O. The van der Waals surface area contributed by atoms with Gasteiger partial charge in [0.25, 0.3) is 0 Å². The van der Waals surface area contributed by atoms with Crippen LogP contribution in [0.2, 0.25) is 0 Å². The summed E-state index contributed by atoms with van der Waals surface area (Å²) in [6.07, 6.45) is 0.440. The van der Waals surface area contributed by atoms with Gasteiger partial charge in [0.05, 0.1) is 13.0 Å². The second-order valence-electron chi connectivity index (χ2n) is 7.36. The van der Waals surface area contributed by atoms with Crippen molar-refractivity contribution in [2.45, 2.75) is 50.2 Å². The van der Waals surface area contributed by atoms with Gasteiger partial charge in [0.15, 0.2) is 0 Å². The highest BCUT2D eigenvalue weighted by Gasteiger charge is 2.30. The van der Waals surface area contributed by atoms with Gasteiger partial charge in [-0.2, -0.15) is 0 Å². The van der Waals surface area contributed by atoms with Crippen LogP contribution < -0.4 is 27.4 Å². The second-order valence-corrected chi connectivity index (χ2v) is 7.36. The van der Waals surface area contributed by atoms with Gasteiger partial charge < -0.3 is 37.6 Å². The molecular formula is C21H31N5O7. The van der Waals surface area contributed by atoms with Gasteiger partial charge in [-0.25, -0.2) is 4.79 Å². The Morgan fingerprint density at radius 1 is 0.818 bits per heavy atom. The number of carboxylic acid groups (broad SMARTS) is 2. The van der Waals surface area contributed by atoms with Crippen molar-refractivity contribution in [2.75, 3.05) is 13.1 Å². The van der Waals surface area contributed by atoms with Gasteiger partial charge in [-0.15, -0.1) is 0 Å². The topological polar surface area (TPSA) is 214 Å². The average molecular weight is 466 g/mol. The molecule has 12 nitrogen and oxygen atoms in total. The van der Waals surface area contributed by atoms with Crippen LogP contribution in [0, 0.1) is 0 Å². The van der Waals surface area contributed by atoms with Crippen LogP contribution >= 0.6 is 0 Å². The Kier molecular flexibility index (Phi) is 12.1. The summed E-state index contributed by atoms with van der Waals surface area (Å²) >= 11 is 0. The van der Waals surface area contributed by atoms with E-state index in [9.17, 15) is 29.1 Å². The molecule has 182 valence electrons. The third kappa shape index (κ3) is 10.6. The number of carbonyl (C=O) groups excluding carboxylic acids is 3. The molecule has 0 aliphatic carbocycles. The molecule has 0 radical (unpaired) electrons. The molecule has 0 aromatic heterocycles. The Morgan fingerprint density at radius 2 is 1.42 bits per heavy atom. The Morgan fingerprint density at radius 3 is 1.97 bits per heavy atom. The molecule has 9 N–H and O–H groups in total. The number of rotatable bonds is 15. The molecule has 1 rings (SSSR count). The summed E-state index contributed by atoms with van der Waals surface area (Å²) in [5.74, 6) is -5.01. The molecule has 0 saturated carbocycles. The first kappa shape index (κ1) is 27.5. The standard InChI is InChI=1S/C21H31N5O7/c22-9-5-4-8-14(19(30)26-16(21(32)33)11-18(28)29)25-20(31)15(24-17(27)12-23)10-13-6-2-1-3-7-13/h1-3,6-7,14-16H,4-5,8-12,22-23H2,(H,24,27)(H,25,31)(H,26,30)(H,28,29)(H,32,33). The van der Waals surface area contributed by atoms with Gasteiger partial charge in [0, 0.05) is 6.42 Å². The summed E-state index contributed by atoms with van der Waals surface area (Å²) in [4.78, 5) is 59.7. The second kappa shape index (κ2) is 14.5. The minimum absolute atomic E-state index is 0.131. The van der Waals surface area contributed by atoms with Crippen LogP contribution in [0.25, 0.3) is 0 Å². The van der Waals surface area contributed by atoms with Crippen molar-refractivity contribution in [3.63, 3.8) is 0 Å². The summed E-state index contributed by atoms with van der Waals surface area (Å²) in [7, 11) is 0. The lowest BCUT2D eigenvalue weighted by atomic mass is 10.0. The predicted molar refractivity (Wildman–Crippen MR) is 118 cm³/mol. The largest absolute Gasteiger partial charge is 0.481 e. The summed E-state index contributed by atoms with van der Waals surface area (Å²) in [5.41, 5.74) is 11.6. The fraction of sp³-hybridized carbons (Fsp3) is 0.476. The number of nitrogens with one attached hydrogen (secondary N) is 3. The maximum Gasteiger partial charge on any atom is 0.326 e. The zero-order chi connectivity index (χ0) is 24.8. The van der Waals surface area contributed by atoms with Gasteiger partial charge >= 0.3 is 11.9 Å². The van der Waals surface area contributed by atoms with E-state index in [0.29, 0.717) is 19.4 Å². The maximum atomic E-state index is 13.0. The first-order valence-corrected chi connectivity index (χ1v) is 10.5. The van der Waals surface area contributed by atoms with E-state index in [0.717, 1.165) is 5.56 Å². The van der Waals surface area contributed by atoms with Crippen molar-refractivity contribution < 1.29 is 34.2 Å². The van der Waals surface area contributed by atoms with Crippen LogP contribution in [0.3, 0.4) is 0 Å². The first-order valence-electron chi connectivity index (χ1n) is 10.5. The van der Waals surface area contributed by atoms with Crippen molar-refractivity contribution >= 4 is 29.7 Å². The number of carboxylic acids is 2. The van der Waals surface area contributed by atoms with Gasteiger partial charge in [0.2, 0.25) is 17.7 Å². The highest BCUT2D eigenvalue weighted by Crippen LogP contribution is 2.07. The highest BCUT2D eigenvalue weighted by molar-refractivity contribution is 5.94. The molecule has 3 atom stereocenters. The predicted octanol–water partition coefficient (Wildman–Crippen LogP) is -1.67. The molecular weight excluding hydrogens is 434 g/mol.